The van der Waals surface area contributed by atoms with E-state index in [2.05, 4.69) is 10.4 Å². The molecule has 1 saturated heterocycles. The number of rotatable bonds is 4. The van der Waals surface area contributed by atoms with Crippen molar-refractivity contribution < 1.29 is 13.9 Å². The number of benzene rings is 1. The van der Waals surface area contributed by atoms with Gasteiger partial charge in [0.2, 0.25) is 0 Å². The van der Waals surface area contributed by atoms with Gasteiger partial charge in [0.1, 0.15) is 11.3 Å². The van der Waals surface area contributed by atoms with Gasteiger partial charge < -0.3 is 14.5 Å². The summed E-state index contributed by atoms with van der Waals surface area (Å²) in [6.45, 7) is 5.20. The van der Waals surface area contributed by atoms with Crippen LogP contribution < -0.4 is 10.9 Å². The van der Waals surface area contributed by atoms with Crippen molar-refractivity contribution in [2.24, 2.45) is 7.05 Å². The smallest absolute Gasteiger partial charge is 0.349 e. The zero-order chi connectivity index (χ0) is 19.8. The summed E-state index contributed by atoms with van der Waals surface area (Å²) in [4.78, 5) is 25.1. The second kappa shape index (κ2) is 7.24. The Morgan fingerprint density at radius 3 is 2.86 bits per heavy atom. The number of nitrogens with zero attached hydrogens (tertiary/aromatic N) is 2. The van der Waals surface area contributed by atoms with Crippen LogP contribution in [-0.4, -0.2) is 28.9 Å². The number of ether oxygens (including phenoxy) is 1. The number of hydrogen-bond donors (Lipinski definition) is 1. The molecular formula is C21H23N3O4. The lowest BCUT2D eigenvalue weighted by atomic mass is 10.0. The molecule has 3 heterocycles. The van der Waals surface area contributed by atoms with Crippen molar-refractivity contribution in [3.8, 4) is 0 Å². The normalized spacial score (nSPS) is 16.6. The van der Waals surface area contributed by atoms with Crippen molar-refractivity contribution in [1.29, 1.82) is 0 Å². The predicted molar refractivity (Wildman–Crippen MR) is 105 cm³/mol. The Morgan fingerprint density at radius 2 is 2.14 bits per heavy atom. The van der Waals surface area contributed by atoms with E-state index in [-0.39, 0.29) is 18.0 Å². The van der Waals surface area contributed by atoms with E-state index >= 15 is 0 Å². The number of carbonyl (C=O) groups excluding carboxylic acids is 1. The third-order valence-electron chi connectivity index (χ3n) is 5.23. The van der Waals surface area contributed by atoms with Crippen LogP contribution in [0.1, 0.15) is 45.3 Å². The molecule has 1 atom stereocenters. The summed E-state index contributed by atoms with van der Waals surface area (Å²) in [5, 5.41) is 8.29. The quantitative estimate of drug-likeness (QED) is 0.751. The number of amides is 1. The minimum atomic E-state index is -0.610. The summed E-state index contributed by atoms with van der Waals surface area (Å²) in [7, 11) is 1.87. The average molecular weight is 381 g/mol. The Balaban J connectivity index is 1.56. The number of aryl methyl sites for hydroxylation is 3. The van der Waals surface area contributed by atoms with Crippen LogP contribution in [0.4, 0.5) is 0 Å². The van der Waals surface area contributed by atoms with Crippen molar-refractivity contribution in [3.63, 3.8) is 0 Å². The zero-order valence-electron chi connectivity index (χ0n) is 16.2. The topological polar surface area (TPSA) is 86.4 Å². The Kier molecular flexibility index (Phi) is 4.77. The van der Waals surface area contributed by atoms with E-state index in [4.69, 9.17) is 9.15 Å². The van der Waals surface area contributed by atoms with Crippen LogP contribution >= 0.6 is 0 Å². The van der Waals surface area contributed by atoms with Gasteiger partial charge in [-0.15, -0.1) is 0 Å². The molecule has 0 saturated carbocycles. The van der Waals surface area contributed by atoms with E-state index in [1.807, 2.05) is 32.2 Å². The third-order valence-corrected chi connectivity index (χ3v) is 5.23. The summed E-state index contributed by atoms with van der Waals surface area (Å²) >= 11 is 0. The predicted octanol–water partition coefficient (Wildman–Crippen LogP) is 2.58. The molecule has 1 aliphatic rings. The van der Waals surface area contributed by atoms with E-state index in [1.54, 1.807) is 17.7 Å². The largest absolute Gasteiger partial charge is 0.427 e. The number of aromatic nitrogens is 2. The molecule has 0 spiro atoms. The van der Waals surface area contributed by atoms with Crippen LogP contribution in [0.15, 0.2) is 33.5 Å². The third kappa shape index (κ3) is 3.33. The van der Waals surface area contributed by atoms with Gasteiger partial charge >= 0.3 is 5.63 Å². The molecule has 3 aromatic rings. The Hall–Kier alpha value is -2.93. The van der Waals surface area contributed by atoms with Crippen LogP contribution in [0.3, 0.4) is 0 Å². The molecule has 0 radical (unpaired) electrons. The first-order valence-corrected chi connectivity index (χ1v) is 9.37. The Bertz CT molecular complexity index is 1110. The molecule has 4 rings (SSSR count). The highest BCUT2D eigenvalue weighted by Crippen LogP contribution is 2.25. The molecule has 0 bridgehead atoms. The highest BCUT2D eigenvalue weighted by atomic mass is 16.5. The van der Waals surface area contributed by atoms with E-state index in [9.17, 15) is 9.59 Å². The standard InChI is InChI=1S/C21H23N3O4/c1-12-4-5-17-15(8-12)16(23-24(17)3)10-22-20(25)19-13(2)9-18(28-21(19)26)14-6-7-27-11-14/h4-5,8-9,14H,6-7,10-11H2,1-3H3,(H,22,25). The monoisotopic (exact) mass is 381 g/mol. The Labute approximate surface area is 162 Å². The molecule has 146 valence electrons. The van der Waals surface area contributed by atoms with Gasteiger partial charge in [0.15, 0.2) is 0 Å². The van der Waals surface area contributed by atoms with Crippen molar-refractivity contribution in [3.05, 3.63) is 62.8 Å². The molecule has 7 nitrogen and oxygen atoms in total. The van der Waals surface area contributed by atoms with Crippen LogP contribution in [-0.2, 0) is 18.3 Å². The molecule has 1 amide bonds. The maximum atomic E-state index is 12.7. The van der Waals surface area contributed by atoms with Gasteiger partial charge in [-0.3, -0.25) is 9.48 Å². The van der Waals surface area contributed by atoms with Crippen molar-refractivity contribution in [2.75, 3.05) is 13.2 Å². The molecule has 1 unspecified atom stereocenters. The summed E-state index contributed by atoms with van der Waals surface area (Å²) in [5.74, 6) is 0.210. The molecule has 28 heavy (non-hydrogen) atoms. The van der Waals surface area contributed by atoms with Crippen LogP contribution in [0, 0.1) is 13.8 Å². The average Bonchev–Trinajstić information content (AvgIpc) is 3.28. The maximum absolute atomic E-state index is 12.7. The first-order chi connectivity index (χ1) is 13.4. The minimum Gasteiger partial charge on any atom is -0.427 e. The minimum absolute atomic E-state index is 0.0408. The van der Waals surface area contributed by atoms with Crippen molar-refractivity contribution >= 4 is 16.8 Å². The highest BCUT2D eigenvalue weighted by molar-refractivity contribution is 5.95. The van der Waals surface area contributed by atoms with Crippen LogP contribution in [0.5, 0.6) is 0 Å². The molecule has 0 aliphatic carbocycles. The fourth-order valence-electron chi connectivity index (χ4n) is 3.70. The zero-order valence-corrected chi connectivity index (χ0v) is 16.2. The fraction of sp³-hybridized carbons (Fsp3) is 0.381. The summed E-state index contributed by atoms with van der Waals surface area (Å²) in [6, 6.07) is 7.85. The van der Waals surface area contributed by atoms with Crippen LogP contribution in [0.25, 0.3) is 10.9 Å². The first-order valence-electron chi connectivity index (χ1n) is 9.37. The molecular weight excluding hydrogens is 358 g/mol. The lowest BCUT2D eigenvalue weighted by molar-refractivity contribution is 0.0945. The van der Waals surface area contributed by atoms with Crippen molar-refractivity contribution in [2.45, 2.75) is 32.7 Å². The molecule has 1 aliphatic heterocycles. The maximum Gasteiger partial charge on any atom is 0.349 e. The SMILES string of the molecule is Cc1ccc2c(c1)c(CNC(=O)c1c(C)cc(C3CCOC3)oc1=O)nn2C. The summed E-state index contributed by atoms with van der Waals surface area (Å²) < 4.78 is 12.6. The van der Waals surface area contributed by atoms with Gasteiger partial charge in [0.05, 0.1) is 24.4 Å². The van der Waals surface area contributed by atoms with Gasteiger partial charge in [0.25, 0.3) is 5.91 Å². The molecule has 7 heteroatoms. The van der Waals surface area contributed by atoms with E-state index < -0.39 is 11.5 Å². The van der Waals surface area contributed by atoms with Gasteiger partial charge in [-0.05, 0) is 44.0 Å². The highest BCUT2D eigenvalue weighted by Gasteiger charge is 2.24. The van der Waals surface area contributed by atoms with Gasteiger partial charge in [0, 0.05) is 25.0 Å². The molecule has 2 aromatic heterocycles. The number of fused-ring (bicyclic) bond motifs is 1. The lowest BCUT2D eigenvalue weighted by Crippen LogP contribution is -2.29. The molecule has 1 fully saturated rings. The van der Waals surface area contributed by atoms with Crippen molar-refractivity contribution in [1.82, 2.24) is 15.1 Å². The van der Waals surface area contributed by atoms with Gasteiger partial charge in [-0.1, -0.05) is 11.6 Å². The number of nitrogens with one attached hydrogen (secondary N) is 1. The molecule has 1 N–H and O–H groups in total. The van der Waals surface area contributed by atoms with E-state index in [0.717, 1.165) is 28.6 Å². The molecule has 1 aromatic carbocycles. The van der Waals surface area contributed by atoms with Gasteiger partial charge in [-0.25, -0.2) is 4.79 Å². The number of carbonyl (C=O) groups is 1. The summed E-state index contributed by atoms with van der Waals surface area (Å²) in [5.41, 5.74) is 2.92. The number of hydrogen-bond acceptors (Lipinski definition) is 5. The summed E-state index contributed by atoms with van der Waals surface area (Å²) in [6.07, 6.45) is 0.820. The Morgan fingerprint density at radius 1 is 1.32 bits per heavy atom. The van der Waals surface area contributed by atoms with Gasteiger partial charge in [-0.2, -0.15) is 5.10 Å². The lowest BCUT2D eigenvalue weighted by Gasteiger charge is -2.10. The second-order valence-corrected chi connectivity index (χ2v) is 7.33. The van der Waals surface area contributed by atoms with E-state index in [0.29, 0.717) is 24.5 Å². The van der Waals surface area contributed by atoms with E-state index in [1.165, 1.54) is 0 Å². The fourth-order valence-corrected chi connectivity index (χ4v) is 3.70. The van der Waals surface area contributed by atoms with Crippen LogP contribution in [0.2, 0.25) is 0 Å². The second-order valence-electron chi connectivity index (χ2n) is 7.33. The first kappa shape index (κ1) is 18.4.